The van der Waals surface area contributed by atoms with E-state index in [2.05, 4.69) is 39.0 Å². The molecule has 146 valence electrons. The van der Waals surface area contributed by atoms with E-state index < -0.39 is 0 Å². The maximum Gasteiger partial charge on any atom is 0.259 e. The number of hydrogen-bond acceptors (Lipinski definition) is 6. The minimum atomic E-state index is -0.196. The summed E-state index contributed by atoms with van der Waals surface area (Å²) in [7, 11) is 0. The molecule has 0 atom stereocenters. The fraction of sp³-hybridized carbons (Fsp3) is 0.381. The minimum Gasteiger partial charge on any atom is -0.393 e. The molecule has 0 aliphatic carbocycles. The van der Waals surface area contributed by atoms with Crippen LogP contribution in [-0.4, -0.2) is 39.3 Å². The lowest BCUT2D eigenvalue weighted by Crippen LogP contribution is -2.35. The Morgan fingerprint density at radius 1 is 1.25 bits per heavy atom. The van der Waals surface area contributed by atoms with E-state index in [0.717, 1.165) is 37.3 Å². The predicted molar refractivity (Wildman–Crippen MR) is 111 cm³/mol. The summed E-state index contributed by atoms with van der Waals surface area (Å²) in [6.07, 6.45) is 4.82. The highest BCUT2D eigenvalue weighted by molar-refractivity contribution is 5.92. The molecule has 3 aromatic rings. The number of hydrogen-bond donors (Lipinski definition) is 3. The number of pyridine rings is 3. The molecule has 0 bridgehead atoms. The normalized spacial score (nSPS) is 15.4. The summed E-state index contributed by atoms with van der Waals surface area (Å²) in [4.78, 5) is 26.5. The molecule has 3 N–H and O–H groups in total. The number of aromatic nitrogens is 3. The van der Waals surface area contributed by atoms with Crippen molar-refractivity contribution in [1.82, 2.24) is 15.0 Å². The first-order valence-electron chi connectivity index (χ1n) is 9.69. The van der Waals surface area contributed by atoms with Crippen LogP contribution in [-0.2, 0) is 0 Å². The van der Waals surface area contributed by atoms with E-state index in [1.807, 2.05) is 30.5 Å². The van der Waals surface area contributed by atoms with Crippen molar-refractivity contribution in [3.05, 3.63) is 52.7 Å². The highest BCUT2D eigenvalue weighted by atomic mass is 16.3. The van der Waals surface area contributed by atoms with E-state index in [9.17, 15) is 9.90 Å². The first-order valence-corrected chi connectivity index (χ1v) is 9.69. The zero-order valence-electron chi connectivity index (χ0n) is 16.1. The third-order valence-corrected chi connectivity index (χ3v) is 5.18. The van der Waals surface area contributed by atoms with E-state index in [-0.39, 0.29) is 17.6 Å². The summed E-state index contributed by atoms with van der Waals surface area (Å²) < 4.78 is 0. The third kappa shape index (κ3) is 3.71. The second-order valence-corrected chi connectivity index (χ2v) is 7.56. The molecule has 3 aromatic heterocycles. The summed E-state index contributed by atoms with van der Waals surface area (Å²) in [6.45, 7) is 5.82. The van der Waals surface area contributed by atoms with Crippen molar-refractivity contribution >= 4 is 28.1 Å². The van der Waals surface area contributed by atoms with Crippen LogP contribution in [0.1, 0.15) is 38.3 Å². The third-order valence-electron chi connectivity index (χ3n) is 5.18. The molecule has 0 spiro atoms. The molecule has 7 nitrogen and oxygen atoms in total. The SMILES string of the molecule is CC(C)c1cc(Nc2ccc(N3CCC(O)CC3)cn2)c2c(=O)[nH]ccc2n1. The number of rotatable bonds is 4. The standard InChI is InChI=1S/C21H25N5O2/c1-13(2)17-11-18(20-16(24-17)5-8-22-21(20)28)25-19-4-3-14(12-23-19)26-9-6-15(27)7-10-26/h3-5,8,11-13,15,27H,6-7,9-10H2,1-2H3,(H,22,28)(H,23,24,25). The molecule has 0 radical (unpaired) electrons. The van der Waals surface area contributed by atoms with Crippen molar-refractivity contribution in [2.24, 2.45) is 0 Å². The first-order chi connectivity index (χ1) is 13.5. The van der Waals surface area contributed by atoms with Gasteiger partial charge in [0.05, 0.1) is 34.6 Å². The van der Waals surface area contributed by atoms with Gasteiger partial charge >= 0.3 is 0 Å². The van der Waals surface area contributed by atoms with E-state index in [1.165, 1.54) is 0 Å². The smallest absolute Gasteiger partial charge is 0.259 e. The van der Waals surface area contributed by atoms with Crippen molar-refractivity contribution in [2.75, 3.05) is 23.3 Å². The molecule has 0 amide bonds. The number of H-pyrrole nitrogens is 1. The fourth-order valence-electron chi connectivity index (χ4n) is 3.52. The van der Waals surface area contributed by atoms with Crippen LogP contribution in [0, 0.1) is 0 Å². The first kappa shape index (κ1) is 18.4. The van der Waals surface area contributed by atoms with Gasteiger partial charge in [-0.3, -0.25) is 9.78 Å². The topological polar surface area (TPSA) is 94.1 Å². The Kier molecular flexibility index (Phi) is 5.00. The van der Waals surface area contributed by atoms with Crippen LogP contribution in [0.4, 0.5) is 17.2 Å². The zero-order valence-corrected chi connectivity index (χ0v) is 16.1. The average Bonchev–Trinajstić information content (AvgIpc) is 2.69. The van der Waals surface area contributed by atoms with Crippen LogP contribution in [0.3, 0.4) is 0 Å². The van der Waals surface area contributed by atoms with Gasteiger partial charge in [0.15, 0.2) is 0 Å². The van der Waals surface area contributed by atoms with Crippen LogP contribution in [0.25, 0.3) is 10.9 Å². The molecule has 28 heavy (non-hydrogen) atoms. The largest absolute Gasteiger partial charge is 0.393 e. The summed E-state index contributed by atoms with van der Waals surface area (Å²) in [5, 5.41) is 13.5. The number of fused-ring (bicyclic) bond motifs is 1. The maximum absolute atomic E-state index is 12.4. The molecule has 1 aliphatic rings. The lowest BCUT2D eigenvalue weighted by atomic mass is 10.1. The van der Waals surface area contributed by atoms with Crippen LogP contribution in [0.5, 0.6) is 0 Å². The average molecular weight is 379 g/mol. The van der Waals surface area contributed by atoms with Crippen LogP contribution in [0.15, 0.2) is 41.5 Å². The highest BCUT2D eigenvalue weighted by Gasteiger charge is 2.17. The summed E-state index contributed by atoms with van der Waals surface area (Å²) in [6, 6.07) is 7.67. The molecule has 4 heterocycles. The van der Waals surface area contributed by atoms with Gasteiger partial charge in [0, 0.05) is 25.0 Å². The Hall–Kier alpha value is -2.93. The number of aromatic amines is 1. The number of aliphatic hydroxyl groups excluding tert-OH is 1. The quantitative estimate of drug-likeness (QED) is 0.645. The summed E-state index contributed by atoms with van der Waals surface area (Å²) in [5.41, 5.74) is 3.16. The van der Waals surface area contributed by atoms with Gasteiger partial charge in [-0.05, 0) is 43.0 Å². The number of anilines is 3. The number of nitrogens with one attached hydrogen (secondary N) is 2. The fourth-order valence-corrected chi connectivity index (χ4v) is 3.52. The van der Waals surface area contributed by atoms with E-state index >= 15 is 0 Å². The van der Waals surface area contributed by atoms with Crippen molar-refractivity contribution < 1.29 is 5.11 Å². The van der Waals surface area contributed by atoms with Gasteiger partial charge in [0.2, 0.25) is 0 Å². The summed E-state index contributed by atoms with van der Waals surface area (Å²) in [5.74, 6) is 0.917. The van der Waals surface area contributed by atoms with E-state index in [0.29, 0.717) is 22.4 Å². The number of nitrogens with zero attached hydrogens (tertiary/aromatic N) is 3. The van der Waals surface area contributed by atoms with Crippen molar-refractivity contribution in [1.29, 1.82) is 0 Å². The van der Waals surface area contributed by atoms with Crippen molar-refractivity contribution in [3.8, 4) is 0 Å². The lowest BCUT2D eigenvalue weighted by molar-refractivity contribution is 0.145. The lowest BCUT2D eigenvalue weighted by Gasteiger charge is -2.31. The molecule has 1 saturated heterocycles. The number of aliphatic hydroxyl groups is 1. The van der Waals surface area contributed by atoms with E-state index in [4.69, 9.17) is 0 Å². The molecule has 0 aromatic carbocycles. The Labute approximate surface area is 163 Å². The van der Waals surface area contributed by atoms with Gasteiger partial charge in [0.1, 0.15) is 5.82 Å². The van der Waals surface area contributed by atoms with E-state index in [1.54, 1.807) is 6.20 Å². The Bertz CT molecular complexity index is 1020. The van der Waals surface area contributed by atoms with Crippen LogP contribution < -0.4 is 15.8 Å². The van der Waals surface area contributed by atoms with Crippen molar-refractivity contribution in [3.63, 3.8) is 0 Å². The zero-order chi connectivity index (χ0) is 19.7. The molecular weight excluding hydrogens is 354 g/mol. The van der Waals surface area contributed by atoms with Gasteiger partial charge in [-0.1, -0.05) is 13.8 Å². The minimum absolute atomic E-state index is 0.175. The molecule has 7 heteroatoms. The highest BCUT2D eigenvalue weighted by Crippen LogP contribution is 2.27. The Morgan fingerprint density at radius 3 is 2.71 bits per heavy atom. The van der Waals surface area contributed by atoms with Gasteiger partial charge in [-0.15, -0.1) is 0 Å². The van der Waals surface area contributed by atoms with Crippen LogP contribution in [0.2, 0.25) is 0 Å². The molecule has 0 unspecified atom stereocenters. The molecule has 4 rings (SSSR count). The Morgan fingerprint density at radius 2 is 2.04 bits per heavy atom. The van der Waals surface area contributed by atoms with Gasteiger partial charge in [-0.25, -0.2) is 4.98 Å². The van der Waals surface area contributed by atoms with Gasteiger partial charge in [0.25, 0.3) is 5.56 Å². The van der Waals surface area contributed by atoms with Gasteiger partial charge in [-0.2, -0.15) is 0 Å². The Balaban J connectivity index is 1.63. The predicted octanol–water partition coefficient (Wildman–Crippen LogP) is 3.15. The molecule has 1 fully saturated rings. The monoisotopic (exact) mass is 379 g/mol. The maximum atomic E-state index is 12.4. The molecule has 1 aliphatic heterocycles. The second-order valence-electron chi connectivity index (χ2n) is 7.56. The second kappa shape index (κ2) is 7.59. The van der Waals surface area contributed by atoms with Gasteiger partial charge < -0.3 is 20.3 Å². The van der Waals surface area contributed by atoms with Crippen LogP contribution >= 0.6 is 0 Å². The van der Waals surface area contributed by atoms with Crippen molar-refractivity contribution in [2.45, 2.75) is 38.7 Å². The summed E-state index contributed by atoms with van der Waals surface area (Å²) >= 11 is 0. The molecular formula is C21H25N5O2. The number of piperidine rings is 1. The molecule has 0 saturated carbocycles.